The molecule has 1 atom stereocenters. The summed E-state index contributed by atoms with van der Waals surface area (Å²) in [6, 6.07) is 15.7. The first-order valence-electron chi connectivity index (χ1n) is 9.56. The molecule has 158 valence electrons. The van der Waals surface area contributed by atoms with Gasteiger partial charge in [0.25, 0.3) is 0 Å². The molecule has 1 unspecified atom stereocenters. The number of para-hydroxylation sites is 1. The minimum absolute atomic E-state index is 0.179. The first kappa shape index (κ1) is 20.5. The van der Waals surface area contributed by atoms with Crippen LogP contribution in [0.3, 0.4) is 0 Å². The van der Waals surface area contributed by atoms with E-state index >= 15 is 0 Å². The topological polar surface area (TPSA) is 107 Å². The van der Waals surface area contributed by atoms with E-state index in [1.54, 1.807) is 25.1 Å². The Morgan fingerprint density at radius 3 is 2.60 bits per heavy atom. The zero-order chi connectivity index (χ0) is 21.1. The first-order valence-corrected chi connectivity index (χ1v) is 11.0. The summed E-state index contributed by atoms with van der Waals surface area (Å²) in [5.74, 6) is 0. The van der Waals surface area contributed by atoms with E-state index in [-0.39, 0.29) is 4.90 Å². The SMILES string of the molecule is CC1=NN(c2ccccc2)C(O)/C1=N/Nc1cccc(S(=O)(=O)N2CCOCC2)c1. The third-order valence-electron chi connectivity index (χ3n) is 4.87. The molecule has 0 bridgehead atoms. The molecule has 0 aromatic heterocycles. The first-order chi connectivity index (χ1) is 14.5. The molecule has 10 heteroatoms. The fourth-order valence-electron chi connectivity index (χ4n) is 3.28. The lowest BCUT2D eigenvalue weighted by molar-refractivity contribution is 0.0730. The third-order valence-corrected chi connectivity index (χ3v) is 6.77. The van der Waals surface area contributed by atoms with Crippen LogP contribution >= 0.6 is 0 Å². The zero-order valence-corrected chi connectivity index (χ0v) is 17.3. The van der Waals surface area contributed by atoms with E-state index in [4.69, 9.17) is 4.74 Å². The molecule has 2 aromatic rings. The van der Waals surface area contributed by atoms with Gasteiger partial charge in [0.15, 0.2) is 6.23 Å². The quantitative estimate of drug-likeness (QED) is 0.701. The third kappa shape index (κ3) is 4.08. The molecule has 0 amide bonds. The number of morpholine rings is 1. The van der Waals surface area contributed by atoms with E-state index in [1.807, 2.05) is 30.3 Å². The molecule has 2 N–H and O–H groups in total. The number of aliphatic hydroxyl groups is 1. The predicted octanol–water partition coefficient (Wildman–Crippen LogP) is 1.69. The number of hydrazone groups is 2. The molecule has 1 saturated heterocycles. The lowest BCUT2D eigenvalue weighted by Crippen LogP contribution is -2.40. The predicted molar refractivity (Wildman–Crippen MR) is 115 cm³/mol. The van der Waals surface area contributed by atoms with E-state index in [0.29, 0.717) is 43.4 Å². The molecule has 9 nitrogen and oxygen atoms in total. The highest BCUT2D eigenvalue weighted by Gasteiger charge is 2.31. The van der Waals surface area contributed by atoms with Crippen molar-refractivity contribution < 1.29 is 18.3 Å². The average Bonchev–Trinajstić information content (AvgIpc) is 3.07. The highest BCUT2D eigenvalue weighted by atomic mass is 32.2. The molecule has 2 aliphatic rings. The van der Waals surface area contributed by atoms with Crippen molar-refractivity contribution in [2.75, 3.05) is 36.7 Å². The van der Waals surface area contributed by atoms with Gasteiger partial charge in [-0.25, -0.2) is 13.4 Å². The fraction of sp³-hybridized carbons (Fsp3) is 0.300. The van der Waals surface area contributed by atoms with Gasteiger partial charge in [-0.05, 0) is 37.3 Å². The number of nitrogens with one attached hydrogen (secondary N) is 1. The highest BCUT2D eigenvalue weighted by Crippen LogP contribution is 2.23. The second-order valence-corrected chi connectivity index (χ2v) is 8.83. The summed E-state index contributed by atoms with van der Waals surface area (Å²) in [7, 11) is -3.60. The van der Waals surface area contributed by atoms with Crippen LogP contribution in [0.4, 0.5) is 11.4 Å². The summed E-state index contributed by atoms with van der Waals surface area (Å²) < 4.78 is 32.3. The zero-order valence-electron chi connectivity index (χ0n) is 16.5. The molecule has 1 fully saturated rings. The van der Waals surface area contributed by atoms with Gasteiger partial charge in [0, 0.05) is 13.1 Å². The second kappa shape index (κ2) is 8.52. The Morgan fingerprint density at radius 1 is 1.13 bits per heavy atom. The molecule has 2 aliphatic heterocycles. The molecular weight excluding hydrogens is 406 g/mol. The van der Waals surface area contributed by atoms with Crippen molar-refractivity contribution in [2.24, 2.45) is 10.2 Å². The Morgan fingerprint density at radius 2 is 1.87 bits per heavy atom. The van der Waals surface area contributed by atoms with Crippen LogP contribution < -0.4 is 10.4 Å². The number of ether oxygens (including phenoxy) is 1. The molecule has 30 heavy (non-hydrogen) atoms. The van der Waals surface area contributed by atoms with Crippen LogP contribution in [-0.2, 0) is 14.8 Å². The van der Waals surface area contributed by atoms with Crippen molar-refractivity contribution >= 4 is 32.8 Å². The van der Waals surface area contributed by atoms with Gasteiger partial charge < -0.3 is 9.84 Å². The fourth-order valence-corrected chi connectivity index (χ4v) is 4.73. The number of benzene rings is 2. The molecule has 4 rings (SSSR count). The van der Waals surface area contributed by atoms with Gasteiger partial charge in [-0.1, -0.05) is 24.3 Å². The van der Waals surface area contributed by atoms with Crippen LogP contribution in [0.15, 0.2) is 69.7 Å². The summed E-state index contributed by atoms with van der Waals surface area (Å²) >= 11 is 0. The van der Waals surface area contributed by atoms with Crippen LogP contribution in [0.2, 0.25) is 0 Å². The Balaban J connectivity index is 1.52. The van der Waals surface area contributed by atoms with Crippen LogP contribution in [0, 0.1) is 0 Å². The van der Waals surface area contributed by atoms with Gasteiger partial charge in [0.2, 0.25) is 10.0 Å². The number of nitrogens with zero attached hydrogens (tertiary/aromatic N) is 4. The van der Waals surface area contributed by atoms with E-state index in [1.165, 1.54) is 15.4 Å². The number of aliphatic hydroxyl groups excluding tert-OH is 1. The van der Waals surface area contributed by atoms with Crippen molar-refractivity contribution in [3.05, 3.63) is 54.6 Å². The number of rotatable bonds is 5. The Hall–Kier alpha value is -2.79. The standard InChI is InChI=1S/C20H23N5O4S/c1-15-19(20(26)25(23-15)17-7-3-2-4-8-17)22-21-16-6-5-9-18(14-16)30(27,28)24-10-12-29-13-11-24/h2-9,14,20-21,26H,10-13H2,1H3/b22-19+. The lowest BCUT2D eigenvalue weighted by atomic mass is 10.2. The maximum atomic E-state index is 12.8. The van der Waals surface area contributed by atoms with Crippen molar-refractivity contribution in [1.82, 2.24) is 4.31 Å². The van der Waals surface area contributed by atoms with Gasteiger partial charge in [-0.2, -0.15) is 14.5 Å². The Labute approximate surface area is 175 Å². The van der Waals surface area contributed by atoms with Crippen molar-refractivity contribution in [1.29, 1.82) is 0 Å². The minimum atomic E-state index is -3.60. The molecule has 0 spiro atoms. The van der Waals surface area contributed by atoms with Crippen molar-refractivity contribution in [2.45, 2.75) is 18.0 Å². The molecule has 2 aromatic carbocycles. The lowest BCUT2D eigenvalue weighted by Gasteiger charge is -2.26. The molecule has 2 heterocycles. The van der Waals surface area contributed by atoms with Crippen LogP contribution in [0.1, 0.15) is 6.92 Å². The summed E-state index contributed by atoms with van der Waals surface area (Å²) in [6.07, 6.45) is -1.04. The summed E-state index contributed by atoms with van der Waals surface area (Å²) in [5.41, 5.74) is 5.01. The number of hydrogen-bond donors (Lipinski definition) is 2. The van der Waals surface area contributed by atoms with Gasteiger partial charge in [-0.3, -0.25) is 5.43 Å². The van der Waals surface area contributed by atoms with Crippen LogP contribution in [0.25, 0.3) is 0 Å². The normalized spacial score (nSPS) is 21.7. The number of sulfonamides is 1. The monoisotopic (exact) mass is 429 g/mol. The van der Waals surface area contributed by atoms with E-state index < -0.39 is 16.3 Å². The summed E-state index contributed by atoms with van der Waals surface area (Å²) in [4.78, 5) is 0.179. The smallest absolute Gasteiger partial charge is 0.243 e. The van der Waals surface area contributed by atoms with E-state index in [9.17, 15) is 13.5 Å². The summed E-state index contributed by atoms with van der Waals surface area (Å²) in [5, 5.41) is 20.8. The average molecular weight is 430 g/mol. The largest absolute Gasteiger partial charge is 0.379 e. The summed E-state index contributed by atoms with van der Waals surface area (Å²) in [6.45, 7) is 3.20. The van der Waals surface area contributed by atoms with Crippen LogP contribution in [-0.4, -0.2) is 61.8 Å². The second-order valence-electron chi connectivity index (χ2n) is 6.89. The molecule has 0 saturated carbocycles. The van der Waals surface area contributed by atoms with Crippen molar-refractivity contribution in [3.8, 4) is 0 Å². The molecule has 0 aliphatic carbocycles. The van der Waals surface area contributed by atoms with Gasteiger partial charge in [-0.15, -0.1) is 0 Å². The van der Waals surface area contributed by atoms with Crippen molar-refractivity contribution in [3.63, 3.8) is 0 Å². The van der Waals surface area contributed by atoms with E-state index in [2.05, 4.69) is 15.6 Å². The molecular formula is C20H23N5O4S. The Kier molecular flexibility index (Phi) is 5.82. The molecule has 0 radical (unpaired) electrons. The van der Waals surface area contributed by atoms with E-state index in [0.717, 1.165) is 5.69 Å². The number of anilines is 2. The van der Waals surface area contributed by atoms with Gasteiger partial charge in [0.05, 0.1) is 35.2 Å². The van der Waals surface area contributed by atoms with Gasteiger partial charge >= 0.3 is 0 Å². The Bertz CT molecular complexity index is 1070. The highest BCUT2D eigenvalue weighted by molar-refractivity contribution is 7.89. The maximum absolute atomic E-state index is 12.8. The van der Waals surface area contributed by atoms with Crippen LogP contribution in [0.5, 0.6) is 0 Å². The van der Waals surface area contributed by atoms with Gasteiger partial charge in [0.1, 0.15) is 5.71 Å². The maximum Gasteiger partial charge on any atom is 0.243 e. The minimum Gasteiger partial charge on any atom is -0.379 e. The number of hydrogen-bond acceptors (Lipinski definition) is 8.